The fourth-order valence-electron chi connectivity index (χ4n) is 3.92. The predicted molar refractivity (Wildman–Crippen MR) is 114 cm³/mol. The van der Waals surface area contributed by atoms with E-state index < -0.39 is 0 Å². The van der Waals surface area contributed by atoms with Crippen molar-refractivity contribution in [2.24, 2.45) is 0 Å². The normalized spacial score (nSPS) is 15.6. The number of aromatic amines is 1. The van der Waals surface area contributed by atoms with Gasteiger partial charge < -0.3 is 9.64 Å². The lowest BCUT2D eigenvalue weighted by Gasteiger charge is -2.26. The molecule has 1 aromatic heterocycles. The minimum absolute atomic E-state index is 0.00429. The molecule has 6 heteroatoms. The number of unbranched alkanes of at least 4 members (excludes halogenated alkanes) is 2. The van der Waals surface area contributed by atoms with Crippen LogP contribution in [0.25, 0.3) is 11.3 Å². The van der Waals surface area contributed by atoms with Gasteiger partial charge in [-0.1, -0.05) is 55.6 Å². The standard InChI is InChI=1S/C23H24ClN3O2/c1-3-4-5-14-27-22(16-8-12-18(29-2)13-9-16)19-20(25-26-21(19)23(27)28)15-6-10-17(24)11-7-15/h6-13,22H,3-5,14H2,1-2H3,(H,25,26). The molecule has 0 radical (unpaired) electrons. The molecule has 0 aliphatic carbocycles. The number of hydrogen-bond acceptors (Lipinski definition) is 3. The Labute approximate surface area is 175 Å². The third-order valence-electron chi connectivity index (χ3n) is 5.42. The third-order valence-corrected chi connectivity index (χ3v) is 5.67. The van der Waals surface area contributed by atoms with Gasteiger partial charge in [0, 0.05) is 22.7 Å². The van der Waals surface area contributed by atoms with Crippen LogP contribution in [0.1, 0.15) is 53.8 Å². The van der Waals surface area contributed by atoms with Crippen LogP contribution in [0.2, 0.25) is 5.02 Å². The highest BCUT2D eigenvalue weighted by Gasteiger charge is 2.41. The Morgan fingerprint density at radius 3 is 2.48 bits per heavy atom. The minimum atomic E-state index is -0.176. The van der Waals surface area contributed by atoms with Crippen molar-refractivity contribution < 1.29 is 9.53 Å². The van der Waals surface area contributed by atoms with Gasteiger partial charge >= 0.3 is 0 Å². The molecule has 0 saturated heterocycles. The molecule has 5 nitrogen and oxygen atoms in total. The molecular weight excluding hydrogens is 386 g/mol. The number of carbonyl (C=O) groups is 1. The van der Waals surface area contributed by atoms with Crippen LogP contribution in [0.3, 0.4) is 0 Å². The number of nitrogens with one attached hydrogen (secondary N) is 1. The third kappa shape index (κ3) is 3.62. The molecule has 0 fully saturated rings. The molecule has 0 bridgehead atoms. The molecule has 1 atom stereocenters. The van der Waals surface area contributed by atoms with E-state index >= 15 is 0 Å². The lowest BCUT2D eigenvalue weighted by Crippen LogP contribution is -2.30. The van der Waals surface area contributed by atoms with Gasteiger partial charge in [0.25, 0.3) is 5.91 Å². The maximum atomic E-state index is 13.2. The average Bonchev–Trinajstić information content (AvgIpc) is 3.28. The van der Waals surface area contributed by atoms with Crippen LogP contribution in [0.4, 0.5) is 0 Å². The molecule has 2 aromatic carbocycles. The van der Waals surface area contributed by atoms with E-state index in [4.69, 9.17) is 16.3 Å². The van der Waals surface area contributed by atoms with Crippen molar-refractivity contribution in [2.45, 2.75) is 32.2 Å². The Kier molecular flexibility index (Phi) is 5.58. The van der Waals surface area contributed by atoms with Gasteiger partial charge in [0.1, 0.15) is 11.4 Å². The first kappa shape index (κ1) is 19.5. The van der Waals surface area contributed by atoms with Gasteiger partial charge in [0.05, 0.1) is 18.8 Å². The van der Waals surface area contributed by atoms with E-state index in [9.17, 15) is 4.79 Å². The van der Waals surface area contributed by atoms with Crippen LogP contribution in [0, 0.1) is 0 Å². The minimum Gasteiger partial charge on any atom is -0.497 e. The van der Waals surface area contributed by atoms with Crippen LogP contribution in [-0.4, -0.2) is 34.7 Å². The number of methoxy groups -OCH3 is 1. The molecule has 3 aromatic rings. The Bertz CT molecular complexity index is 996. The summed E-state index contributed by atoms with van der Waals surface area (Å²) in [6.45, 7) is 2.88. The first-order valence-electron chi connectivity index (χ1n) is 9.93. The number of aromatic nitrogens is 2. The Morgan fingerprint density at radius 1 is 1.10 bits per heavy atom. The van der Waals surface area contributed by atoms with E-state index in [1.54, 1.807) is 7.11 Å². The maximum Gasteiger partial charge on any atom is 0.273 e. The number of halogens is 1. The SMILES string of the molecule is CCCCCN1C(=O)c2[nH]nc(-c3ccc(Cl)cc3)c2C1c1ccc(OC)cc1. The summed E-state index contributed by atoms with van der Waals surface area (Å²) < 4.78 is 5.31. The maximum absolute atomic E-state index is 13.2. The topological polar surface area (TPSA) is 58.2 Å². The highest BCUT2D eigenvalue weighted by molar-refractivity contribution is 6.30. The second-order valence-electron chi connectivity index (χ2n) is 7.25. The summed E-state index contributed by atoms with van der Waals surface area (Å²) in [5.74, 6) is 0.797. The van der Waals surface area contributed by atoms with Crippen molar-refractivity contribution in [2.75, 3.05) is 13.7 Å². The summed E-state index contributed by atoms with van der Waals surface area (Å²) in [6, 6.07) is 15.3. The monoisotopic (exact) mass is 409 g/mol. The van der Waals surface area contributed by atoms with Crippen LogP contribution in [-0.2, 0) is 0 Å². The van der Waals surface area contributed by atoms with E-state index in [1.165, 1.54) is 0 Å². The van der Waals surface area contributed by atoms with Crippen LogP contribution < -0.4 is 4.74 Å². The van der Waals surface area contributed by atoms with E-state index in [0.717, 1.165) is 47.4 Å². The number of rotatable bonds is 7. The van der Waals surface area contributed by atoms with Gasteiger partial charge in [-0.2, -0.15) is 5.10 Å². The summed E-state index contributed by atoms with van der Waals surface area (Å²) >= 11 is 6.06. The number of fused-ring (bicyclic) bond motifs is 1. The number of benzene rings is 2. The van der Waals surface area contributed by atoms with E-state index in [-0.39, 0.29) is 11.9 Å². The molecule has 1 aliphatic rings. The van der Waals surface area contributed by atoms with Gasteiger partial charge in [-0.15, -0.1) is 0 Å². The molecule has 150 valence electrons. The van der Waals surface area contributed by atoms with Crippen molar-refractivity contribution in [3.63, 3.8) is 0 Å². The van der Waals surface area contributed by atoms with Crippen molar-refractivity contribution in [1.29, 1.82) is 0 Å². The van der Waals surface area contributed by atoms with E-state index in [1.807, 2.05) is 53.4 Å². The Hall–Kier alpha value is -2.79. The van der Waals surface area contributed by atoms with Gasteiger partial charge in [0.2, 0.25) is 0 Å². The van der Waals surface area contributed by atoms with Crippen LogP contribution in [0.5, 0.6) is 5.75 Å². The number of amides is 1. The fraction of sp³-hybridized carbons (Fsp3) is 0.304. The first-order valence-corrected chi connectivity index (χ1v) is 10.3. The van der Waals surface area contributed by atoms with Crippen molar-refractivity contribution in [3.05, 3.63) is 70.4 Å². The Balaban J connectivity index is 1.79. The van der Waals surface area contributed by atoms with Gasteiger partial charge in [-0.3, -0.25) is 9.89 Å². The summed E-state index contributed by atoms with van der Waals surface area (Å²) in [4.78, 5) is 15.2. The summed E-state index contributed by atoms with van der Waals surface area (Å²) in [5.41, 5.74) is 4.29. The summed E-state index contributed by atoms with van der Waals surface area (Å²) in [6.07, 6.45) is 3.18. The Morgan fingerprint density at radius 2 is 1.83 bits per heavy atom. The van der Waals surface area contributed by atoms with Gasteiger partial charge in [-0.25, -0.2) is 0 Å². The molecule has 1 amide bonds. The quantitative estimate of drug-likeness (QED) is 0.526. The zero-order valence-electron chi connectivity index (χ0n) is 16.6. The fourth-order valence-corrected chi connectivity index (χ4v) is 4.05. The summed E-state index contributed by atoms with van der Waals surface area (Å²) in [5, 5.41) is 8.15. The lowest BCUT2D eigenvalue weighted by atomic mass is 9.96. The van der Waals surface area contributed by atoms with Crippen molar-refractivity contribution in [1.82, 2.24) is 15.1 Å². The molecule has 29 heavy (non-hydrogen) atoms. The highest BCUT2D eigenvalue weighted by atomic mass is 35.5. The highest BCUT2D eigenvalue weighted by Crippen LogP contribution is 2.43. The molecular formula is C23H24ClN3O2. The van der Waals surface area contributed by atoms with E-state index in [0.29, 0.717) is 17.3 Å². The van der Waals surface area contributed by atoms with E-state index in [2.05, 4.69) is 17.1 Å². The molecule has 1 aliphatic heterocycles. The number of H-pyrrole nitrogens is 1. The second-order valence-corrected chi connectivity index (χ2v) is 7.69. The zero-order chi connectivity index (χ0) is 20.4. The van der Waals surface area contributed by atoms with Gasteiger partial charge in [0.15, 0.2) is 0 Å². The molecule has 1 unspecified atom stereocenters. The number of carbonyl (C=O) groups excluding carboxylic acids is 1. The van der Waals surface area contributed by atoms with Crippen LogP contribution >= 0.6 is 11.6 Å². The van der Waals surface area contributed by atoms with Crippen molar-refractivity contribution in [3.8, 4) is 17.0 Å². The lowest BCUT2D eigenvalue weighted by molar-refractivity contribution is 0.0740. The predicted octanol–water partition coefficient (Wildman–Crippen LogP) is 5.47. The van der Waals surface area contributed by atoms with Crippen LogP contribution in [0.15, 0.2) is 48.5 Å². The molecule has 1 N–H and O–H groups in total. The number of nitrogens with zero attached hydrogens (tertiary/aromatic N) is 2. The van der Waals surface area contributed by atoms with Crippen molar-refractivity contribution >= 4 is 17.5 Å². The smallest absolute Gasteiger partial charge is 0.273 e. The summed E-state index contributed by atoms with van der Waals surface area (Å²) in [7, 11) is 1.65. The molecule has 0 spiro atoms. The second kappa shape index (κ2) is 8.29. The first-order chi connectivity index (χ1) is 14.1. The molecule has 4 rings (SSSR count). The average molecular weight is 410 g/mol. The number of hydrogen-bond donors (Lipinski definition) is 1. The largest absolute Gasteiger partial charge is 0.497 e. The molecule has 2 heterocycles. The number of ether oxygens (including phenoxy) is 1. The molecule has 0 saturated carbocycles. The zero-order valence-corrected chi connectivity index (χ0v) is 17.4. The van der Waals surface area contributed by atoms with Gasteiger partial charge in [-0.05, 0) is 36.2 Å².